The molecule has 100 valence electrons. The van der Waals surface area contributed by atoms with E-state index in [-0.39, 0.29) is 5.91 Å². The third-order valence-corrected chi connectivity index (χ3v) is 3.36. The molecule has 1 aromatic heterocycles. The van der Waals surface area contributed by atoms with Crippen LogP contribution in [0.3, 0.4) is 0 Å². The van der Waals surface area contributed by atoms with E-state index in [0.717, 1.165) is 27.7 Å². The first-order valence-electron chi connectivity index (χ1n) is 6.46. The van der Waals surface area contributed by atoms with Crippen molar-refractivity contribution in [2.45, 2.75) is 13.8 Å². The normalized spacial score (nSPS) is 10.7. The van der Waals surface area contributed by atoms with Gasteiger partial charge < -0.3 is 5.32 Å². The molecule has 4 heteroatoms. The Kier molecular flexibility index (Phi) is 2.99. The minimum Gasteiger partial charge on any atom is -0.322 e. The lowest BCUT2D eigenvalue weighted by molar-refractivity contribution is 0.102. The monoisotopic (exact) mass is 265 g/mol. The molecule has 2 aromatic carbocycles. The summed E-state index contributed by atoms with van der Waals surface area (Å²) in [6.45, 7) is 3.98. The summed E-state index contributed by atoms with van der Waals surface area (Å²) in [5, 5.41) is 10.7. The first kappa shape index (κ1) is 12.4. The summed E-state index contributed by atoms with van der Waals surface area (Å²) in [5.74, 6) is -0.131. The molecule has 0 saturated heterocycles. The Bertz CT molecular complexity index is 789. The lowest BCUT2D eigenvalue weighted by Gasteiger charge is -2.09. The van der Waals surface area contributed by atoms with Gasteiger partial charge in [-0.15, -0.1) is 0 Å². The molecule has 0 unspecified atom stereocenters. The highest BCUT2D eigenvalue weighted by Crippen LogP contribution is 2.20. The number of aryl methyl sites for hydroxylation is 2. The van der Waals surface area contributed by atoms with Crippen LogP contribution in [0, 0.1) is 13.8 Å². The number of carbonyl (C=O) groups excluding carboxylic acids is 1. The molecule has 0 spiro atoms. The van der Waals surface area contributed by atoms with Crippen molar-refractivity contribution in [1.29, 1.82) is 0 Å². The number of rotatable bonds is 2. The Labute approximate surface area is 116 Å². The number of hydrogen-bond acceptors (Lipinski definition) is 2. The molecule has 3 rings (SSSR count). The summed E-state index contributed by atoms with van der Waals surface area (Å²) in [5.41, 5.74) is 4.36. The molecule has 0 fully saturated rings. The maximum Gasteiger partial charge on any atom is 0.257 e. The summed E-state index contributed by atoms with van der Waals surface area (Å²) in [6.07, 6.45) is 1.71. The van der Waals surface area contributed by atoms with Crippen molar-refractivity contribution in [1.82, 2.24) is 10.2 Å². The topological polar surface area (TPSA) is 57.8 Å². The largest absolute Gasteiger partial charge is 0.322 e. The van der Waals surface area contributed by atoms with Gasteiger partial charge in [0.1, 0.15) is 0 Å². The standard InChI is InChI=1S/C16H15N3O/c1-10-6-7-11(2)14(8-10)18-16(20)13-5-3-4-12-9-17-19-15(12)13/h3-9H,1-2H3,(H,17,19)(H,18,20). The highest BCUT2D eigenvalue weighted by Gasteiger charge is 2.12. The number of para-hydroxylation sites is 1. The minimum atomic E-state index is -0.131. The number of benzene rings is 2. The van der Waals surface area contributed by atoms with Crippen LogP contribution in [0.2, 0.25) is 0 Å². The van der Waals surface area contributed by atoms with Crippen molar-refractivity contribution in [2.24, 2.45) is 0 Å². The maximum atomic E-state index is 12.4. The number of H-pyrrole nitrogens is 1. The van der Waals surface area contributed by atoms with Crippen molar-refractivity contribution in [2.75, 3.05) is 5.32 Å². The average molecular weight is 265 g/mol. The van der Waals surface area contributed by atoms with Gasteiger partial charge in [0.25, 0.3) is 5.91 Å². The summed E-state index contributed by atoms with van der Waals surface area (Å²) < 4.78 is 0. The van der Waals surface area contributed by atoms with E-state index in [1.165, 1.54) is 0 Å². The second-order valence-electron chi connectivity index (χ2n) is 4.91. The van der Waals surface area contributed by atoms with E-state index in [1.54, 1.807) is 12.3 Å². The summed E-state index contributed by atoms with van der Waals surface area (Å²) >= 11 is 0. The predicted octanol–water partition coefficient (Wildman–Crippen LogP) is 3.43. The number of carbonyl (C=O) groups is 1. The first-order valence-corrected chi connectivity index (χ1v) is 6.46. The second kappa shape index (κ2) is 4.81. The number of nitrogens with one attached hydrogen (secondary N) is 2. The van der Waals surface area contributed by atoms with Gasteiger partial charge in [-0.3, -0.25) is 9.89 Å². The van der Waals surface area contributed by atoms with Gasteiger partial charge in [-0.2, -0.15) is 5.10 Å². The molecule has 20 heavy (non-hydrogen) atoms. The lowest BCUT2D eigenvalue weighted by Crippen LogP contribution is -2.13. The summed E-state index contributed by atoms with van der Waals surface area (Å²) in [6, 6.07) is 11.6. The molecule has 0 atom stereocenters. The number of aromatic amines is 1. The molecule has 0 saturated carbocycles. The molecule has 0 bridgehead atoms. The molecule has 1 heterocycles. The first-order chi connectivity index (χ1) is 9.65. The molecule has 4 nitrogen and oxygen atoms in total. The van der Waals surface area contributed by atoms with Crippen molar-refractivity contribution in [3.8, 4) is 0 Å². The van der Waals surface area contributed by atoms with Gasteiger partial charge in [-0.1, -0.05) is 24.3 Å². The highest BCUT2D eigenvalue weighted by atomic mass is 16.1. The van der Waals surface area contributed by atoms with E-state index in [9.17, 15) is 4.79 Å². The third-order valence-electron chi connectivity index (χ3n) is 3.36. The zero-order chi connectivity index (χ0) is 14.1. The van der Waals surface area contributed by atoms with E-state index >= 15 is 0 Å². The molecule has 1 amide bonds. The molecule has 3 aromatic rings. The van der Waals surface area contributed by atoms with Crippen molar-refractivity contribution < 1.29 is 4.79 Å². The quantitative estimate of drug-likeness (QED) is 0.745. The van der Waals surface area contributed by atoms with E-state index in [1.807, 2.05) is 44.2 Å². The fraction of sp³-hybridized carbons (Fsp3) is 0.125. The van der Waals surface area contributed by atoms with Gasteiger partial charge in [0, 0.05) is 11.1 Å². The fourth-order valence-corrected chi connectivity index (χ4v) is 2.22. The van der Waals surface area contributed by atoms with Crippen LogP contribution in [0.15, 0.2) is 42.6 Å². The Morgan fingerprint density at radius 1 is 1.20 bits per heavy atom. The van der Waals surface area contributed by atoms with Gasteiger partial charge in [0.15, 0.2) is 0 Å². The molecular formula is C16H15N3O. The van der Waals surface area contributed by atoms with E-state index in [0.29, 0.717) is 5.56 Å². The molecule has 2 N–H and O–H groups in total. The van der Waals surface area contributed by atoms with Crippen LogP contribution in [-0.4, -0.2) is 16.1 Å². The highest BCUT2D eigenvalue weighted by molar-refractivity contribution is 6.12. The van der Waals surface area contributed by atoms with E-state index < -0.39 is 0 Å². The smallest absolute Gasteiger partial charge is 0.257 e. The molecular weight excluding hydrogens is 250 g/mol. The predicted molar refractivity (Wildman–Crippen MR) is 80.0 cm³/mol. The van der Waals surface area contributed by atoms with Crippen LogP contribution < -0.4 is 5.32 Å². The molecule has 0 aliphatic rings. The van der Waals surface area contributed by atoms with Crippen LogP contribution >= 0.6 is 0 Å². The lowest BCUT2D eigenvalue weighted by atomic mass is 10.1. The Morgan fingerprint density at radius 3 is 2.90 bits per heavy atom. The van der Waals surface area contributed by atoms with Crippen molar-refractivity contribution >= 4 is 22.5 Å². The fourth-order valence-electron chi connectivity index (χ4n) is 2.22. The maximum absolute atomic E-state index is 12.4. The van der Waals surface area contributed by atoms with Crippen LogP contribution in [0.5, 0.6) is 0 Å². The summed E-state index contributed by atoms with van der Waals surface area (Å²) in [7, 11) is 0. The number of fused-ring (bicyclic) bond motifs is 1. The number of anilines is 1. The Balaban J connectivity index is 1.97. The zero-order valence-corrected chi connectivity index (χ0v) is 11.4. The zero-order valence-electron chi connectivity index (χ0n) is 11.4. The van der Waals surface area contributed by atoms with Gasteiger partial charge in [-0.05, 0) is 37.1 Å². The van der Waals surface area contributed by atoms with Gasteiger partial charge in [0.05, 0.1) is 17.3 Å². The SMILES string of the molecule is Cc1ccc(C)c(NC(=O)c2cccc3cn[nH]c23)c1. The van der Waals surface area contributed by atoms with E-state index in [2.05, 4.69) is 15.5 Å². The Hall–Kier alpha value is -2.62. The van der Waals surface area contributed by atoms with Crippen LogP contribution in [0.25, 0.3) is 10.9 Å². The number of nitrogens with zero attached hydrogens (tertiary/aromatic N) is 1. The number of aromatic nitrogens is 2. The summed E-state index contributed by atoms with van der Waals surface area (Å²) in [4.78, 5) is 12.4. The van der Waals surface area contributed by atoms with Gasteiger partial charge in [0.2, 0.25) is 0 Å². The van der Waals surface area contributed by atoms with Crippen molar-refractivity contribution in [3.05, 3.63) is 59.3 Å². The molecule has 0 aliphatic heterocycles. The minimum absolute atomic E-state index is 0.131. The van der Waals surface area contributed by atoms with Crippen LogP contribution in [0.4, 0.5) is 5.69 Å². The van der Waals surface area contributed by atoms with Gasteiger partial charge in [-0.25, -0.2) is 0 Å². The van der Waals surface area contributed by atoms with E-state index in [4.69, 9.17) is 0 Å². The number of amides is 1. The second-order valence-corrected chi connectivity index (χ2v) is 4.91. The van der Waals surface area contributed by atoms with Crippen molar-refractivity contribution in [3.63, 3.8) is 0 Å². The average Bonchev–Trinajstić information content (AvgIpc) is 2.91. The van der Waals surface area contributed by atoms with Gasteiger partial charge >= 0.3 is 0 Å². The van der Waals surface area contributed by atoms with Crippen LogP contribution in [0.1, 0.15) is 21.5 Å². The van der Waals surface area contributed by atoms with Crippen LogP contribution in [-0.2, 0) is 0 Å². The number of hydrogen-bond donors (Lipinski definition) is 2. The molecule has 0 aliphatic carbocycles. The third kappa shape index (κ3) is 2.16. The Morgan fingerprint density at radius 2 is 2.05 bits per heavy atom. The molecule has 0 radical (unpaired) electrons.